The summed E-state index contributed by atoms with van der Waals surface area (Å²) < 4.78 is 1.48. The third-order valence-corrected chi connectivity index (χ3v) is 4.81. The summed E-state index contributed by atoms with van der Waals surface area (Å²) >= 11 is 0. The van der Waals surface area contributed by atoms with E-state index in [0.717, 1.165) is 0 Å². The highest BCUT2D eigenvalue weighted by molar-refractivity contribution is 5.84. The third-order valence-electron chi connectivity index (χ3n) is 4.81. The number of benzene rings is 2. The maximum atomic E-state index is 13.4. The van der Waals surface area contributed by atoms with Gasteiger partial charge in [0.2, 0.25) is 5.95 Å². The van der Waals surface area contributed by atoms with Crippen molar-refractivity contribution in [2.24, 2.45) is 0 Å². The Balaban J connectivity index is 1.77. The van der Waals surface area contributed by atoms with Crippen molar-refractivity contribution in [2.75, 3.05) is 23.3 Å². The normalized spacial score (nSPS) is 10.4. The minimum atomic E-state index is -0.332. The van der Waals surface area contributed by atoms with Crippen LogP contribution in [0.1, 0.15) is 17.0 Å². The summed E-state index contributed by atoms with van der Waals surface area (Å²) in [6, 6.07) is 18.1. The molecule has 0 saturated carbocycles. The topological polar surface area (TPSA) is 172 Å². The fourth-order valence-corrected chi connectivity index (χ4v) is 3.41. The van der Waals surface area contributed by atoms with Crippen LogP contribution in [0.15, 0.2) is 53.3 Å². The van der Waals surface area contributed by atoms with Crippen LogP contribution in [0.25, 0.3) is 16.6 Å². The zero-order valence-corrected chi connectivity index (χ0v) is 16.8. The maximum absolute atomic E-state index is 13.4. The molecule has 10 nitrogen and oxygen atoms in total. The van der Waals surface area contributed by atoms with E-state index in [0.29, 0.717) is 23.4 Å². The molecule has 2 heterocycles. The van der Waals surface area contributed by atoms with E-state index in [1.54, 1.807) is 30.3 Å². The minimum absolute atomic E-state index is 0.0171. The van der Waals surface area contributed by atoms with Crippen LogP contribution >= 0.6 is 0 Å². The van der Waals surface area contributed by atoms with E-state index in [1.165, 1.54) is 4.57 Å². The first-order valence-electron chi connectivity index (χ1n) is 9.60. The summed E-state index contributed by atoms with van der Waals surface area (Å²) in [6.45, 7) is 0.285. The molecule has 0 saturated heterocycles. The molecule has 0 unspecified atom stereocenters. The molecular weight excluding hydrogens is 406 g/mol. The number of anilines is 3. The molecule has 4 aromatic rings. The number of hydrogen-bond donors (Lipinski definition) is 3. The smallest absolute Gasteiger partial charge is 0.267 e. The van der Waals surface area contributed by atoms with E-state index >= 15 is 0 Å². The molecule has 0 aliphatic carbocycles. The van der Waals surface area contributed by atoms with Gasteiger partial charge >= 0.3 is 0 Å². The van der Waals surface area contributed by atoms with Crippen molar-refractivity contribution in [1.82, 2.24) is 19.5 Å². The van der Waals surface area contributed by atoms with Crippen LogP contribution in [0.3, 0.4) is 0 Å². The first-order chi connectivity index (χ1) is 15.5. The highest BCUT2D eigenvalue weighted by atomic mass is 16.1. The van der Waals surface area contributed by atoms with Gasteiger partial charge in [0.1, 0.15) is 29.3 Å². The van der Waals surface area contributed by atoms with Gasteiger partial charge in [-0.05, 0) is 24.3 Å². The van der Waals surface area contributed by atoms with Crippen LogP contribution in [0.4, 0.5) is 17.6 Å². The first kappa shape index (κ1) is 20.3. The molecular formula is C22H17N9O. The fourth-order valence-electron chi connectivity index (χ4n) is 3.41. The van der Waals surface area contributed by atoms with Gasteiger partial charge in [0.05, 0.1) is 22.2 Å². The molecule has 0 bridgehead atoms. The molecule has 32 heavy (non-hydrogen) atoms. The molecule has 5 N–H and O–H groups in total. The summed E-state index contributed by atoms with van der Waals surface area (Å²) in [5, 5.41) is 22.1. The third kappa shape index (κ3) is 3.64. The molecule has 0 spiro atoms. The number of nitriles is 2. The van der Waals surface area contributed by atoms with Crippen molar-refractivity contribution in [2.45, 2.75) is 6.42 Å². The van der Waals surface area contributed by atoms with Gasteiger partial charge in [0.15, 0.2) is 5.82 Å². The van der Waals surface area contributed by atoms with E-state index in [9.17, 15) is 15.3 Å². The van der Waals surface area contributed by atoms with Crippen molar-refractivity contribution in [3.63, 3.8) is 0 Å². The predicted octanol–water partition coefficient (Wildman–Crippen LogP) is 1.74. The highest BCUT2D eigenvalue weighted by Gasteiger charge is 2.16. The number of aromatic nitrogens is 4. The van der Waals surface area contributed by atoms with Crippen molar-refractivity contribution in [1.29, 1.82) is 10.5 Å². The Morgan fingerprint density at radius 1 is 0.969 bits per heavy atom. The summed E-state index contributed by atoms with van der Waals surface area (Å²) in [5.41, 5.74) is 12.5. The van der Waals surface area contributed by atoms with Crippen molar-refractivity contribution < 1.29 is 0 Å². The number of rotatable bonds is 5. The first-order valence-corrected chi connectivity index (χ1v) is 9.60. The minimum Gasteiger partial charge on any atom is -0.382 e. The number of para-hydroxylation sites is 1. The Bertz CT molecular complexity index is 1460. The van der Waals surface area contributed by atoms with Crippen LogP contribution < -0.4 is 22.3 Å². The average Bonchev–Trinajstić information content (AvgIpc) is 2.79. The number of hydrogen-bond acceptors (Lipinski definition) is 9. The van der Waals surface area contributed by atoms with Crippen molar-refractivity contribution >= 4 is 28.5 Å². The monoisotopic (exact) mass is 423 g/mol. The van der Waals surface area contributed by atoms with E-state index < -0.39 is 0 Å². The second-order valence-corrected chi connectivity index (χ2v) is 6.79. The molecule has 0 fully saturated rings. The second-order valence-electron chi connectivity index (χ2n) is 6.79. The molecule has 0 radical (unpaired) electrons. The molecule has 0 atom stereocenters. The van der Waals surface area contributed by atoms with E-state index in [2.05, 4.69) is 26.3 Å². The number of nitrogens with zero attached hydrogens (tertiary/aromatic N) is 6. The van der Waals surface area contributed by atoms with Crippen LogP contribution in [-0.2, 0) is 6.42 Å². The van der Waals surface area contributed by atoms with Gasteiger partial charge in [0, 0.05) is 13.0 Å². The molecule has 0 aliphatic rings. The molecule has 4 rings (SSSR count). The van der Waals surface area contributed by atoms with Gasteiger partial charge in [-0.3, -0.25) is 9.36 Å². The Labute approximate surface area is 182 Å². The van der Waals surface area contributed by atoms with Crippen molar-refractivity contribution in [3.8, 4) is 17.8 Å². The molecule has 2 aromatic heterocycles. The molecule has 2 aromatic carbocycles. The largest absolute Gasteiger partial charge is 0.382 e. The number of nitrogens with one attached hydrogen (secondary N) is 1. The highest BCUT2D eigenvalue weighted by Crippen LogP contribution is 2.19. The number of fused-ring (bicyclic) bond motifs is 1. The van der Waals surface area contributed by atoms with E-state index in [-0.39, 0.29) is 46.2 Å². The van der Waals surface area contributed by atoms with Gasteiger partial charge < -0.3 is 16.8 Å². The van der Waals surface area contributed by atoms with Gasteiger partial charge in [-0.25, -0.2) is 4.98 Å². The summed E-state index contributed by atoms with van der Waals surface area (Å²) in [4.78, 5) is 25.9. The van der Waals surface area contributed by atoms with Gasteiger partial charge in [-0.2, -0.15) is 20.5 Å². The van der Waals surface area contributed by atoms with Crippen LogP contribution in [0.5, 0.6) is 0 Å². The van der Waals surface area contributed by atoms with Gasteiger partial charge in [-0.15, -0.1) is 0 Å². The average molecular weight is 423 g/mol. The number of nitrogen functional groups attached to an aromatic ring is 2. The Morgan fingerprint density at radius 3 is 2.47 bits per heavy atom. The summed E-state index contributed by atoms with van der Waals surface area (Å²) in [5.74, 6) is 0.609. The van der Waals surface area contributed by atoms with Crippen LogP contribution in [0.2, 0.25) is 0 Å². The number of nitrogens with two attached hydrogens (primary N) is 2. The SMILES string of the molecule is N#Cc1c(N)nc(N)nc1NCCc1nc2cccc(C#N)c2c(=O)n1-c1ccccc1. The van der Waals surface area contributed by atoms with Gasteiger partial charge in [-0.1, -0.05) is 24.3 Å². The van der Waals surface area contributed by atoms with Crippen molar-refractivity contribution in [3.05, 3.63) is 75.8 Å². The molecule has 0 aliphatic heterocycles. The quantitative estimate of drug-likeness (QED) is 0.432. The lowest BCUT2D eigenvalue weighted by molar-refractivity contribution is 0.809. The van der Waals surface area contributed by atoms with Crippen LogP contribution in [-0.4, -0.2) is 26.1 Å². The predicted molar refractivity (Wildman–Crippen MR) is 120 cm³/mol. The second kappa shape index (κ2) is 8.42. The zero-order valence-electron chi connectivity index (χ0n) is 16.8. The zero-order chi connectivity index (χ0) is 22.7. The van der Waals surface area contributed by atoms with E-state index in [4.69, 9.17) is 11.5 Å². The molecule has 10 heteroatoms. The van der Waals surface area contributed by atoms with E-state index in [1.807, 2.05) is 24.3 Å². The van der Waals surface area contributed by atoms with Crippen LogP contribution in [0, 0.1) is 22.7 Å². The van der Waals surface area contributed by atoms with Gasteiger partial charge in [0.25, 0.3) is 5.56 Å². The Kier molecular flexibility index (Phi) is 5.35. The fraction of sp³-hybridized carbons (Fsp3) is 0.0909. The Morgan fingerprint density at radius 2 is 1.75 bits per heavy atom. The lowest BCUT2D eigenvalue weighted by atomic mass is 10.1. The summed E-state index contributed by atoms with van der Waals surface area (Å²) in [7, 11) is 0. The Hall–Kier alpha value is -4.96. The maximum Gasteiger partial charge on any atom is 0.267 e. The molecule has 156 valence electrons. The molecule has 0 amide bonds. The lowest BCUT2D eigenvalue weighted by Gasteiger charge is -2.15. The summed E-state index contributed by atoms with van der Waals surface area (Å²) in [6.07, 6.45) is 0.311. The lowest BCUT2D eigenvalue weighted by Crippen LogP contribution is -2.26. The standard InChI is InChI=1S/C22H17N9O/c23-11-13-5-4-8-16-18(13)21(32)31(14-6-2-1-3-7-14)17(28-16)9-10-27-20-15(12-24)19(25)29-22(26)30-20/h1-8H,9-10H2,(H5,25,26,27,29,30).